The molecule has 3 heteroatoms. The number of methoxy groups -OCH3 is 1. The third kappa shape index (κ3) is 1.97. The first-order chi connectivity index (χ1) is 5.24. The van der Waals surface area contributed by atoms with Gasteiger partial charge >= 0.3 is 5.97 Å². The van der Waals surface area contributed by atoms with Crippen LogP contribution in [-0.2, 0) is 9.53 Å². The van der Waals surface area contributed by atoms with Gasteiger partial charge in [-0.25, -0.2) is 0 Å². The van der Waals surface area contributed by atoms with Gasteiger partial charge < -0.3 is 9.64 Å². The molecule has 0 saturated heterocycles. The average molecular weight is 155 g/mol. The van der Waals surface area contributed by atoms with Crippen molar-refractivity contribution in [1.29, 1.82) is 0 Å². The molecule has 62 valence electrons. The van der Waals surface area contributed by atoms with Crippen LogP contribution in [0.4, 0.5) is 0 Å². The number of allylic oxidation sites excluding steroid dienone is 1. The van der Waals surface area contributed by atoms with Crippen LogP contribution in [-0.4, -0.2) is 31.6 Å². The largest absolute Gasteiger partial charge is 0.469 e. The Bertz CT molecular complexity index is 177. The van der Waals surface area contributed by atoms with E-state index in [1.165, 1.54) is 7.11 Å². The van der Waals surface area contributed by atoms with Crippen LogP contribution < -0.4 is 0 Å². The zero-order chi connectivity index (χ0) is 8.27. The number of hydrogen-bond acceptors (Lipinski definition) is 3. The van der Waals surface area contributed by atoms with Gasteiger partial charge in [-0.1, -0.05) is 6.08 Å². The van der Waals surface area contributed by atoms with Gasteiger partial charge in [0.05, 0.1) is 13.0 Å². The molecule has 1 heterocycles. The highest BCUT2D eigenvalue weighted by molar-refractivity contribution is 5.72. The van der Waals surface area contributed by atoms with Crippen LogP contribution in [0.25, 0.3) is 0 Å². The van der Waals surface area contributed by atoms with Crippen molar-refractivity contribution in [3.05, 3.63) is 12.3 Å². The molecule has 0 N–H and O–H groups in total. The molecule has 0 fully saturated rings. The molecule has 1 aliphatic heterocycles. The summed E-state index contributed by atoms with van der Waals surface area (Å²) >= 11 is 0. The summed E-state index contributed by atoms with van der Waals surface area (Å²) in [6.07, 6.45) is 4.78. The quantitative estimate of drug-likeness (QED) is 0.520. The van der Waals surface area contributed by atoms with Gasteiger partial charge in [0.15, 0.2) is 0 Å². The monoisotopic (exact) mass is 155 g/mol. The van der Waals surface area contributed by atoms with Crippen molar-refractivity contribution in [2.24, 2.45) is 5.92 Å². The van der Waals surface area contributed by atoms with Crippen LogP contribution in [0.15, 0.2) is 12.3 Å². The fourth-order valence-corrected chi connectivity index (χ4v) is 1.23. The summed E-state index contributed by atoms with van der Waals surface area (Å²) in [5.74, 6) is -0.0869. The summed E-state index contributed by atoms with van der Waals surface area (Å²) in [6.45, 7) is 0.767. The first-order valence-corrected chi connectivity index (χ1v) is 3.68. The second-order valence-electron chi connectivity index (χ2n) is 2.78. The van der Waals surface area contributed by atoms with Crippen LogP contribution in [0.2, 0.25) is 0 Å². The Balaban J connectivity index is 2.49. The highest BCUT2D eigenvalue weighted by atomic mass is 16.5. The van der Waals surface area contributed by atoms with E-state index < -0.39 is 0 Å². The van der Waals surface area contributed by atoms with E-state index in [-0.39, 0.29) is 11.9 Å². The number of esters is 1. The van der Waals surface area contributed by atoms with Gasteiger partial charge in [0.25, 0.3) is 0 Å². The molecule has 11 heavy (non-hydrogen) atoms. The Kier molecular flexibility index (Phi) is 2.52. The number of ether oxygens (including phenoxy) is 1. The lowest BCUT2D eigenvalue weighted by Crippen LogP contribution is -2.30. The molecule has 1 atom stereocenters. The topological polar surface area (TPSA) is 29.5 Å². The smallest absolute Gasteiger partial charge is 0.310 e. The Hall–Kier alpha value is -0.990. The summed E-state index contributed by atoms with van der Waals surface area (Å²) in [5.41, 5.74) is 0. The Morgan fingerprint density at radius 1 is 1.73 bits per heavy atom. The van der Waals surface area contributed by atoms with Crippen molar-refractivity contribution in [3.8, 4) is 0 Å². The fourth-order valence-electron chi connectivity index (χ4n) is 1.23. The summed E-state index contributed by atoms with van der Waals surface area (Å²) < 4.78 is 4.64. The Morgan fingerprint density at radius 2 is 2.45 bits per heavy atom. The third-order valence-electron chi connectivity index (χ3n) is 1.82. The number of hydrogen-bond donors (Lipinski definition) is 0. The van der Waals surface area contributed by atoms with Crippen molar-refractivity contribution >= 4 is 5.97 Å². The van der Waals surface area contributed by atoms with Crippen LogP contribution in [0.3, 0.4) is 0 Å². The van der Waals surface area contributed by atoms with Gasteiger partial charge in [-0.3, -0.25) is 4.79 Å². The third-order valence-corrected chi connectivity index (χ3v) is 1.82. The van der Waals surface area contributed by atoms with Crippen molar-refractivity contribution in [3.63, 3.8) is 0 Å². The first kappa shape index (κ1) is 8.11. The molecule has 0 aromatic rings. The molecule has 0 amide bonds. The van der Waals surface area contributed by atoms with Crippen LogP contribution >= 0.6 is 0 Å². The van der Waals surface area contributed by atoms with Gasteiger partial charge in [0, 0.05) is 13.6 Å². The zero-order valence-electron chi connectivity index (χ0n) is 6.91. The maximum atomic E-state index is 11.0. The predicted octanol–water partition coefficient (Wildman–Crippen LogP) is 0.625. The van der Waals surface area contributed by atoms with E-state index in [1.807, 2.05) is 24.2 Å². The predicted molar refractivity (Wildman–Crippen MR) is 41.9 cm³/mol. The van der Waals surface area contributed by atoms with Crippen molar-refractivity contribution in [1.82, 2.24) is 4.90 Å². The van der Waals surface area contributed by atoms with E-state index in [4.69, 9.17) is 0 Å². The maximum absolute atomic E-state index is 11.0. The van der Waals surface area contributed by atoms with Crippen LogP contribution in [0.5, 0.6) is 0 Å². The molecule has 0 bridgehead atoms. The molecule has 3 nitrogen and oxygen atoms in total. The molecule has 0 aromatic heterocycles. The van der Waals surface area contributed by atoms with Crippen LogP contribution in [0.1, 0.15) is 6.42 Å². The minimum Gasteiger partial charge on any atom is -0.469 e. The first-order valence-electron chi connectivity index (χ1n) is 3.68. The lowest BCUT2D eigenvalue weighted by molar-refractivity contribution is -0.145. The highest BCUT2D eigenvalue weighted by Crippen LogP contribution is 2.13. The molecule has 1 aliphatic rings. The number of carbonyl (C=O) groups excluding carboxylic acids is 1. The Labute approximate surface area is 66.6 Å². The molecule has 1 unspecified atom stereocenters. The van der Waals surface area contributed by atoms with E-state index in [0.717, 1.165) is 13.0 Å². The number of rotatable bonds is 1. The zero-order valence-corrected chi connectivity index (χ0v) is 6.91. The normalized spacial score (nSPS) is 23.5. The SMILES string of the molecule is COC(=O)C1CC=CN(C)C1. The molecule has 0 aliphatic carbocycles. The van der Waals surface area contributed by atoms with E-state index in [0.29, 0.717) is 0 Å². The molecular weight excluding hydrogens is 142 g/mol. The molecule has 0 radical (unpaired) electrons. The van der Waals surface area contributed by atoms with E-state index in [1.54, 1.807) is 0 Å². The lowest BCUT2D eigenvalue weighted by Gasteiger charge is -2.23. The van der Waals surface area contributed by atoms with Crippen molar-refractivity contribution in [2.45, 2.75) is 6.42 Å². The maximum Gasteiger partial charge on any atom is 0.310 e. The standard InChI is InChI=1S/C8H13NO2/c1-9-5-3-4-7(6-9)8(10)11-2/h3,5,7H,4,6H2,1-2H3. The number of nitrogens with zero attached hydrogens (tertiary/aromatic N) is 1. The van der Waals surface area contributed by atoms with Gasteiger partial charge in [0.1, 0.15) is 0 Å². The van der Waals surface area contributed by atoms with Gasteiger partial charge in [-0.2, -0.15) is 0 Å². The average Bonchev–Trinajstić information content (AvgIpc) is 2.03. The highest BCUT2D eigenvalue weighted by Gasteiger charge is 2.20. The summed E-state index contributed by atoms with van der Waals surface area (Å²) in [4.78, 5) is 13.0. The van der Waals surface area contributed by atoms with Crippen LogP contribution in [0, 0.1) is 5.92 Å². The molecule has 0 saturated carbocycles. The minimum atomic E-state index is -0.110. The molecule has 1 rings (SSSR count). The molecular formula is C8H13NO2. The lowest BCUT2D eigenvalue weighted by atomic mass is 10.0. The van der Waals surface area contributed by atoms with E-state index >= 15 is 0 Å². The van der Waals surface area contributed by atoms with Crippen molar-refractivity contribution < 1.29 is 9.53 Å². The second kappa shape index (κ2) is 3.42. The molecule has 0 aromatic carbocycles. The van der Waals surface area contributed by atoms with Gasteiger partial charge in [-0.05, 0) is 12.6 Å². The fraction of sp³-hybridized carbons (Fsp3) is 0.625. The van der Waals surface area contributed by atoms with Gasteiger partial charge in [-0.15, -0.1) is 0 Å². The number of carbonyl (C=O) groups is 1. The summed E-state index contributed by atoms with van der Waals surface area (Å²) in [5, 5.41) is 0. The van der Waals surface area contributed by atoms with E-state index in [2.05, 4.69) is 4.74 Å². The second-order valence-corrected chi connectivity index (χ2v) is 2.78. The Morgan fingerprint density at radius 3 is 3.00 bits per heavy atom. The molecule has 0 spiro atoms. The van der Waals surface area contributed by atoms with Gasteiger partial charge in [0.2, 0.25) is 0 Å². The van der Waals surface area contributed by atoms with Crippen molar-refractivity contribution in [2.75, 3.05) is 20.7 Å². The summed E-state index contributed by atoms with van der Waals surface area (Å²) in [6, 6.07) is 0. The minimum absolute atomic E-state index is 0.0231. The summed E-state index contributed by atoms with van der Waals surface area (Å²) in [7, 11) is 3.38. The van der Waals surface area contributed by atoms with E-state index in [9.17, 15) is 4.79 Å².